The summed E-state index contributed by atoms with van der Waals surface area (Å²) in [4.78, 5) is 13.0. The first-order valence-electron chi connectivity index (χ1n) is 11.5. The fourth-order valence-electron chi connectivity index (χ4n) is 4.52. The Morgan fingerprint density at radius 2 is 1.91 bits per heavy atom. The Morgan fingerprint density at radius 1 is 1.29 bits per heavy atom. The Bertz CT molecular complexity index is 1040. The van der Waals surface area contributed by atoms with E-state index in [-0.39, 0.29) is 30.6 Å². The standard InChI is InChI=1S/C23H31F4NO5S2/c1-22(2,21(29)30)13-33-17-11-19-16(10-18(17)34-3)28(15-6-4-5-7-15)12-14(8-9-20(24)25)23(26,27)35(19,31)32/h10-11,14-15,20H,4-9,12-13H2,1-3H3,(H,29,30)/t14-/m1/s1. The monoisotopic (exact) mass is 541 g/mol. The molecular formula is C23H31F4NO5S2. The van der Waals surface area contributed by atoms with E-state index in [0.717, 1.165) is 18.9 Å². The first-order chi connectivity index (χ1) is 16.2. The highest BCUT2D eigenvalue weighted by atomic mass is 32.2. The molecule has 0 amide bonds. The lowest BCUT2D eigenvalue weighted by molar-refractivity contribution is -0.148. The molecule has 1 fully saturated rings. The Morgan fingerprint density at radius 3 is 2.46 bits per heavy atom. The number of halogens is 4. The van der Waals surface area contributed by atoms with Crippen molar-refractivity contribution in [2.45, 2.75) is 79.9 Å². The van der Waals surface area contributed by atoms with Gasteiger partial charge in [-0.1, -0.05) is 12.8 Å². The zero-order chi connectivity index (χ0) is 26.2. The van der Waals surface area contributed by atoms with Crippen molar-refractivity contribution in [2.75, 3.05) is 24.3 Å². The molecule has 1 aromatic carbocycles. The second kappa shape index (κ2) is 10.4. The normalized spacial score (nSPS) is 22.2. The summed E-state index contributed by atoms with van der Waals surface area (Å²) in [6, 6.07) is 2.35. The van der Waals surface area contributed by atoms with Gasteiger partial charge in [0.15, 0.2) is 0 Å². The molecule has 1 aliphatic carbocycles. The van der Waals surface area contributed by atoms with Crippen molar-refractivity contribution in [3.63, 3.8) is 0 Å². The quantitative estimate of drug-likeness (QED) is 0.318. The molecule has 1 aliphatic heterocycles. The summed E-state index contributed by atoms with van der Waals surface area (Å²) in [5, 5.41) is 5.10. The topological polar surface area (TPSA) is 83.9 Å². The molecule has 1 heterocycles. The number of hydrogen-bond donors (Lipinski definition) is 1. The van der Waals surface area contributed by atoms with E-state index in [9.17, 15) is 27.1 Å². The Balaban J connectivity index is 2.15. The second-order valence-electron chi connectivity index (χ2n) is 9.77. The van der Waals surface area contributed by atoms with Crippen LogP contribution >= 0.6 is 11.8 Å². The third kappa shape index (κ3) is 5.52. The summed E-state index contributed by atoms with van der Waals surface area (Å²) >= 11 is 1.21. The third-order valence-electron chi connectivity index (χ3n) is 6.76. The molecule has 1 atom stereocenters. The van der Waals surface area contributed by atoms with E-state index in [4.69, 9.17) is 4.74 Å². The van der Waals surface area contributed by atoms with Gasteiger partial charge in [0.2, 0.25) is 16.3 Å². The van der Waals surface area contributed by atoms with Crippen molar-refractivity contribution < 1.29 is 40.6 Å². The van der Waals surface area contributed by atoms with Gasteiger partial charge in [-0.25, -0.2) is 17.2 Å². The highest BCUT2D eigenvalue weighted by Gasteiger charge is 2.56. The van der Waals surface area contributed by atoms with E-state index in [1.807, 2.05) is 0 Å². The van der Waals surface area contributed by atoms with Crippen LogP contribution in [0.15, 0.2) is 21.9 Å². The van der Waals surface area contributed by atoms with Gasteiger partial charge in [-0.2, -0.15) is 8.78 Å². The van der Waals surface area contributed by atoms with Crippen LogP contribution in [0.1, 0.15) is 52.4 Å². The SMILES string of the molecule is CSc1cc2c(cc1OCC(C)(C)C(=O)O)S(=O)(=O)C(F)(F)[C@H](CCC(F)F)CN2C1CCCC1. The van der Waals surface area contributed by atoms with E-state index in [1.165, 1.54) is 31.7 Å². The lowest BCUT2D eigenvalue weighted by atomic mass is 9.95. The molecule has 0 aromatic heterocycles. The van der Waals surface area contributed by atoms with Crippen molar-refractivity contribution >= 4 is 33.3 Å². The molecule has 35 heavy (non-hydrogen) atoms. The van der Waals surface area contributed by atoms with E-state index >= 15 is 8.78 Å². The maximum Gasteiger partial charge on any atom is 0.354 e. The zero-order valence-electron chi connectivity index (χ0n) is 19.9. The van der Waals surface area contributed by atoms with Gasteiger partial charge in [0.05, 0.1) is 21.9 Å². The molecule has 12 heteroatoms. The number of fused-ring (bicyclic) bond motifs is 1. The molecule has 1 N–H and O–H groups in total. The number of nitrogens with zero attached hydrogens (tertiary/aromatic N) is 1. The highest BCUT2D eigenvalue weighted by molar-refractivity contribution is 7.98. The number of thioether (sulfide) groups is 1. The lowest BCUT2D eigenvalue weighted by Crippen LogP contribution is -2.43. The number of ether oxygens (including phenoxy) is 1. The van der Waals surface area contributed by atoms with Crippen LogP contribution in [0.5, 0.6) is 5.75 Å². The number of aliphatic carboxylic acids is 1. The van der Waals surface area contributed by atoms with Gasteiger partial charge in [0, 0.05) is 25.1 Å². The van der Waals surface area contributed by atoms with Crippen molar-refractivity contribution in [1.82, 2.24) is 0 Å². The minimum Gasteiger partial charge on any atom is -0.491 e. The smallest absolute Gasteiger partial charge is 0.354 e. The third-order valence-corrected chi connectivity index (χ3v) is 9.48. The number of rotatable bonds is 9. The number of benzene rings is 1. The summed E-state index contributed by atoms with van der Waals surface area (Å²) in [6.07, 6.45) is 0.538. The first-order valence-corrected chi connectivity index (χ1v) is 14.2. The molecule has 6 nitrogen and oxygen atoms in total. The van der Waals surface area contributed by atoms with E-state index in [0.29, 0.717) is 17.7 Å². The predicted molar refractivity (Wildman–Crippen MR) is 126 cm³/mol. The molecule has 1 aromatic rings. The van der Waals surface area contributed by atoms with Crippen LogP contribution < -0.4 is 9.64 Å². The molecule has 0 unspecified atom stereocenters. The second-order valence-corrected chi connectivity index (χ2v) is 12.6. The molecular weight excluding hydrogens is 510 g/mol. The number of carbonyl (C=O) groups is 1. The summed E-state index contributed by atoms with van der Waals surface area (Å²) in [5.41, 5.74) is -1.19. The number of carboxylic acids is 1. The van der Waals surface area contributed by atoms with Crippen LogP contribution in [0.4, 0.5) is 23.2 Å². The fraction of sp³-hybridized carbons (Fsp3) is 0.696. The van der Waals surface area contributed by atoms with Gasteiger partial charge in [-0.05, 0) is 45.4 Å². The van der Waals surface area contributed by atoms with Crippen molar-refractivity contribution in [3.05, 3.63) is 12.1 Å². The Hall–Kier alpha value is -1.69. The van der Waals surface area contributed by atoms with Gasteiger partial charge in [0.1, 0.15) is 17.3 Å². The summed E-state index contributed by atoms with van der Waals surface area (Å²) < 4.78 is 89.1. The van der Waals surface area contributed by atoms with Crippen LogP contribution in [0.2, 0.25) is 0 Å². The number of alkyl halides is 4. The van der Waals surface area contributed by atoms with E-state index < -0.39 is 56.6 Å². The molecule has 0 radical (unpaired) electrons. The van der Waals surface area contributed by atoms with Gasteiger partial charge in [-0.15, -0.1) is 11.8 Å². The van der Waals surface area contributed by atoms with Crippen molar-refractivity contribution in [3.8, 4) is 5.75 Å². The number of anilines is 1. The lowest BCUT2D eigenvalue weighted by Gasteiger charge is -2.34. The maximum atomic E-state index is 15.5. The van der Waals surface area contributed by atoms with Crippen LogP contribution in [-0.4, -0.2) is 56.6 Å². The number of sulfone groups is 1. The molecule has 3 rings (SSSR count). The molecule has 1 saturated carbocycles. The van der Waals surface area contributed by atoms with E-state index in [1.54, 1.807) is 11.2 Å². The maximum absolute atomic E-state index is 15.5. The summed E-state index contributed by atoms with van der Waals surface area (Å²) in [7, 11) is -5.26. The molecule has 198 valence electrons. The Kier molecular flexibility index (Phi) is 8.25. The molecule has 0 saturated heterocycles. The van der Waals surface area contributed by atoms with Crippen LogP contribution in [0.25, 0.3) is 0 Å². The van der Waals surface area contributed by atoms with Gasteiger partial charge >= 0.3 is 11.2 Å². The minimum atomic E-state index is -5.26. The predicted octanol–water partition coefficient (Wildman–Crippen LogP) is 5.69. The summed E-state index contributed by atoms with van der Waals surface area (Å²) in [6.45, 7) is 2.20. The number of hydrogen-bond acceptors (Lipinski definition) is 6. The van der Waals surface area contributed by atoms with E-state index in [2.05, 4.69) is 0 Å². The minimum absolute atomic E-state index is 0.0117. The van der Waals surface area contributed by atoms with Crippen molar-refractivity contribution in [2.24, 2.45) is 11.3 Å². The van der Waals surface area contributed by atoms with Crippen LogP contribution in [0, 0.1) is 11.3 Å². The van der Waals surface area contributed by atoms with Gasteiger partial charge in [0.25, 0.3) is 0 Å². The van der Waals surface area contributed by atoms with Crippen molar-refractivity contribution in [1.29, 1.82) is 0 Å². The fourth-order valence-corrected chi connectivity index (χ4v) is 6.71. The molecule has 0 spiro atoms. The molecule has 0 bridgehead atoms. The largest absolute Gasteiger partial charge is 0.491 e. The summed E-state index contributed by atoms with van der Waals surface area (Å²) in [5.74, 6) is -2.95. The zero-order valence-corrected chi connectivity index (χ0v) is 21.5. The first kappa shape index (κ1) is 27.9. The van der Waals surface area contributed by atoms with Crippen LogP contribution in [-0.2, 0) is 14.6 Å². The average Bonchev–Trinajstić information content (AvgIpc) is 3.29. The highest BCUT2D eigenvalue weighted by Crippen LogP contribution is 2.49. The van der Waals surface area contributed by atoms with Gasteiger partial charge in [-0.3, -0.25) is 4.79 Å². The Labute approximate surface area is 207 Å². The van der Waals surface area contributed by atoms with Gasteiger partial charge < -0.3 is 14.7 Å². The molecule has 2 aliphatic rings. The average molecular weight is 542 g/mol. The number of carboxylic acid groups (broad SMARTS) is 1. The van der Waals surface area contributed by atoms with Crippen LogP contribution in [0.3, 0.4) is 0 Å².